The number of halogens is 1. The van der Waals surface area contributed by atoms with Crippen LogP contribution in [0.5, 0.6) is 5.75 Å². The van der Waals surface area contributed by atoms with Crippen LogP contribution in [0.1, 0.15) is 31.3 Å². The van der Waals surface area contributed by atoms with Gasteiger partial charge in [0.05, 0.1) is 6.10 Å². The summed E-state index contributed by atoms with van der Waals surface area (Å²) in [6, 6.07) is 7.65. The average molecular weight is 356 g/mol. The first-order chi connectivity index (χ1) is 10.5. The molecule has 0 aliphatic rings. The lowest BCUT2D eigenvalue weighted by atomic mass is 10.2. The molecule has 126 valence electrons. The Morgan fingerprint density at radius 2 is 1.96 bits per heavy atom. The Bertz CT molecular complexity index is 629. The number of hydrogen-bond acceptors (Lipinski definition) is 5. The number of ether oxygens (including phenoxy) is 1. The zero-order chi connectivity index (χ0) is 16.1. The van der Waals surface area contributed by atoms with Crippen LogP contribution in [0.15, 0.2) is 29.6 Å². The number of rotatable bonds is 6. The van der Waals surface area contributed by atoms with Crippen LogP contribution < -0.4 is 15.8 Å². The number of nitrogens with zero attached hydrogens (tertiary/aromatic N) is 1. The molecule has 0 spiro atoms. The van der Waals surface area contributed by atoms with Gasteiger partial charge in [-0.25, -0.2) is 4.98 Å². The molecule has 3 N–H and O–H groups in total. The normalized spacial score (nSPS) is 11.7. The summed E-state index contributed by atoms with van der Waals surface area (Å²) in [5, 5.41) is 5.37. The van der Waals surface area contributed by atoms with Gasteiger partial charge >= 0.3 is 0 Å². The maximum absolute atomic E-state index is 12.0. The van der Waals surface area contributed by atoms with Crippen molar-refractivity contribution in [1.82, 2.24) is 10.3 Å². The highest BCUT2D eigenvalue weighted by Gasteiger charge is 2.13. The predicted octanol–water partition coefficient (Wildman–Crippen LogP) is 3.10. The highest BCUT2D eigenvalue weighted by molar-refractivity contribution is 7.13. The van der Waals surface area contributed by atoms with E-state index in [0.29, 0.717) is 12.2 Å². The quantitative estimate of drug-likeness (QED) is 0.834. The van der Waals surface area contributed by atoms with Gasteiger partial charge in [-0.05, 0) is 45.0 Å². The monoisotopic (exact) mass is 355 g/mol. The second-order valence-corrected chi connectivity index (χ2v) is 6.20. The van der Waals surface area contributed by atoms with Crippen LogP contribution in [0.3, 0.4) is 0 Å². The van der Waals surface area contributed by atoms with Crippen LogP contribution in [0, 0.1) is 0 Å². The maximum atomic E-state index is 12.0. The topological polar surface area (TPSA) is 77.2 Å². The number of benzene rings is 1. The number of carbonyl (C=O) groups excluding carboxylic acids is 1. The molecule has 1 atom stereocenters. The van der Waals surface area contributed by atoms with Crippen molar-refractivity contribution >= 4 is 29.7 Å². The molecule has 5 nitrogen and oxygen atoms in total. The number of carbonyl (C=O) groups is 1. The van der Waals surface area contributed by atoms with Crippen molar-refractivity contribution in [3.05, 3.63) is 35.3 Å². The first-order valence-electron chi connectivity index (χ1n) is 7.23. The van der Waals surface area contributed by atoms with Crippen LogP contribution in [0.2, 0.25) is 0 Å². The summed E-state index contributed by atoms with van der Waals surface area (Å²) in [4.78, 5) is 16.4. The molecule has 2 aromatic rings. The van der Waals surface area contributed by atoms with E-state index >= 15 is 0 Å². The summed E-state index contributed by atoms with van der Waals surface area (Å²) in [7, 11) is 0. The Morgan fingerprint density at radius 1 is 1.30 bits per heavy atom. The fraction of sp³-hybridized carbons (Fsp3) is 0.375. The molecular weight excluding hydrogens is 334 g/mol. The zero-order valence-corrected chi connectivity index (χ0v) is 15.0. The Balaban J connectivity index is 0.00000264. The van der Waals surface area contributed by atoms with E-state index in [-0.39, 0.29) is 30.5 Å². The van der Waals surface area contributed by atoms with E-state index in [9.17, 15) is 4.79 Å². The third kappa shape index (κ3) is 5.49. The van der Waals surface area contributed by atoms with E-state index in [1.807, 2.05) is 45.0 Å². The molecule has 1 amide bonds. The van der Waals surface area contributed by atoms with Crippen LogP contribution in [-0.2, 0) is 0 Å². The first kappa shape index (κ1) is 19.4. The Morgan fingerprint density at radius 3 is 2.52 bits per heavy atom. The minimum absolute atomic E-state index is 0. The van der Waals surface area contributed by atoms with E-state index < -0.39 is 0 Å². The molecule has 0 saturated carbocycles. The third-order valence-electron chi connectivity index (χ3n) is 2.94. The van der Waals surface area contributed by atoms with Crippen molar-refractivity contribution in [1.29, 1.82) is 0 Å². The fourth-order valence-corrected chi connectivity index (χ4v) is 2.62. The molecule has 0 saturated heterocycles. The van der Waals surface area contributed by atoms with Gasteiger partial charge in [0.1, 0.15) is 16.5 Å². The Kier molecular flexibility index (Phi) is 7.48. The summed E-state index contributed by atoms with van der Waals surface area (Å²) >= 11 is 1.44. The van der Waals surface area contributed by atoms with Gasteiger partial charge in [-0.3, -0.25) is 4.79 Å². The van der Waals surface area contributed by atoms with E-state index in [2.05, 4.69) is 10.3 Å². The molecule has 1 aromatic carbocycles. The second-order valence-electron chi connectivity index (χ2n) is 5.34. The van der Waals surface area contributed by atoms with Gasteiger partial charge in [-0.15, -0.1) is 23.7 Å². The predicted molar refractivity (Wildman–Crippen MR) is 96.5 cm³/mol. The number of thiazole rings is 1. The molecular formula is C16H22ClN3O2S. The molecule has 1 aromatic heterocycles. The number of amides is 1. The van der Waals surface area contributed by atoms with Crippen molar-refractivity contribution in [2.75, 3.05) is 6.54 Å². The van der Waals surface area contributed by atoms with Gasteiger partial charge in [-0.1, -0.05) is 0 Å². The number of nitrogens with two attached hydrogens (primary N) is 1. The van der Waals surface area contributed by atoms with E-state index in [1.165, 1.54) is 11.3 Å². The molecule has 0 aliphatic carbocycles. The molecule has 0 fully saturated rings. The van der Waals surface area contributed by atoms with Crippen molar-refractivity contribution in [2.24, 2.45) is 5.73 Å². The molecule has 0 unspecified atom stereocenters. The zero-order valence-electron chi connectivity index (χ0n) is 13.4. The van der Waals surface area contributed by atoms with Crippen LogP contribution in [-0.4, -0.2) is 29.6 Å². The van der Waals surface area contributed by atoms with Gasteiger partial charge in [-0.2, -0.15) is 0 Å². The summed E-state index contributed by atoms with van der Waals surface area (Å²) < 4.78 is 5.61. The SMILES string of the molecule is CC(C)Oc1ccc(-c2nc(C(=O)N[C@@H](C)CN)cs2)cc1.Cl. The molecule has 0 radical (unpaired) electrons. The van der Waals surface area contributed by atoms with Crippen molar-refractivity contribution in [2.45, 2.75) is 32.9 Å². The summed E-state index contributed by atoms with van der Waals surface area (Å²) in [6.07, 6.45) is 0.144. The Labute approximate surface area is 146 Å². The first-order valence-corrected chi connectivity index (χ1v) is 8.11. The van der Waals surface area contributed by atoms with Gasteiger partial charge < -0.3 is 15.8 Å². The highest BCUT2D eigenvalue weighted by atomic mass is 35.5. The lowest BCUT2D eigenvalue weighted by molar-refractivity contribution is 0.0937. The standard InChI is InChI=1S/C16H21N3O2S.ClH/c1-10(2)21-13-6-4-12(5-7-13)16-19-14(9-22-16)15(20)18-11(3)8-17;/h4-7,9-11H,8,17H2,1-3H3,(H,18,20);1H/t11-;/m0./s1. The number of hydrogen-bond donors (Lipinski definition) is 2. The van der Waals surface area contributed by atoms with Crippen molar-refractivity contribution in [3.63, 3.8) is 0 Å². The molecule has 0 aliphatic heterocycles. The van der Waals surface area contributed by atoms with E-state index in [4.69, 9.17) is 10.5 Å². The van der Waals surface area contributed by atoms with E-state index in [1.54, 1.807) is 5.38 Å². The van der Waals surface area contributed by atoms with Crippen molar-refractivity contribution in [3.8, 4) is 16.3 Å². The highest BCUT2D eigenvalue weighted by Crippen LogP contribution is 2.26. The summed E-state index contributed by atoms with van der Waals surface area (Å²) in [5.74, 6) is 0.630. The largest absolute Gasteiger partial charge is 0.491 e. The van der Waals surface area contributed by atoms with Gasteiger partial charge in [0.2, 0.25) is 0 Å². The smallest absolute Gasteiger partial charge is 0.271 e. The molecule has 7 heteroatoms. The fourth-order valence-electron chi connectivity index (χ4n) is 1.82. The van der Waals surface area contributed by atoms with Gasteiger partial charge in [0.15, 0.2) is 0 Å². The third-order valence-corrected chi connectivity index (χ3v) is 3.83. The Hall–Kier alpha value is -1.63. The minimum atomic E-state index is -0.194. The molecule has 0 bridgehead atoms. The van der Waals surface area contributed by atoms with Crippen molar-refractivity contribution < 1.29 is 9.53 Å². The second kappa shape index (κ2) is 8.86. The average Bonchev–Trinajstić information content (AvgIpc) is 2.97. The minimum Gasteiger partial charge on any atom is -0.491 e. The van der Waals surface area contributed by atoms with Gasteiger partial charge in [0, 0.05) is 23.5 Å². The molecule has 23 heavy (non-hydrogen) atoms. The lowest BCUT2D eigenvalue weighted by Crippen LogP contribution is -2.37. The summed E-state index contributed by atoms with van der Waals surface area (Å²) in [6.45, 7) is 6.24. The number of nitrogens with one attached hydrogen (secondary N) is 1. The van der Waals surface area contributed by atoms with Crippen LogP contribution >= 0.6 is 23.7 Å². The van der Waals surface area contributed by atoms with Gasteiger partial charge in [0.25, 0.3) is 5.91 Å². The van der Waals surface area contributed by atoms with Crippen LogP contribution in [0.25, 0.3) is 10.6 Å². The van der Waals surface area contributed by atoms with Crippen LogP contribution in [0.4, 0.5) is 0 Å². The molecule has 2 rings (SSSR count). The lowest BCUT2D eigenvalue weighted by Gasteiger charge is -2.09. The number of aromatic nitrogens is 1. The maximum Gasteiger partial charge on any atom is 0.271 e. The molecule has 1 heterocycles. The summed E-state index contributed by atoms with van der Waals surface area (Å²) in [5.41, 5.74) is 6.88. The van der Waals surface area contributed by atoms with E-state index in [0.717, 1.165) is 16.3 Å².